The topological polar surface area (TPSA) is 72.2 Å². The Morgan fingerprint density at radius 1 is 1.23 bits per heavy atom. The van der Waals surface area contributed by atoms with Gasteiger partial charge in [0, 0.05) is 9.37 Å². The van der Waals surface area contributed by atoms with Crippen molar-refractivity contribution >= 4 is 45.2 Å². The number of nitrogens with one attached hydrogen (secondary N) is 1. The SMILES string of the molecule is NC(=O)CSc1ccccc1NC(=O)c1cc(Br)ccc1F. The summed E-state index contributed by atoms with van der Waals surface area (Å²) >= 11 is 4.41. The molecule has 114 valence electrons. The van der Waals surface area contributed by atoms with Crippen molar-refractivity contribution in [2.45, 2.75) is 4.90 Å². The van der Waals surface area contributed by atoms with Gasteiger partial charge in [-0.3, -0.25) is 9.59 Å². The molecule has 0 aliphatic carbocycles. The van der Waals surface area contributed by atoms with Crippen LogP contribution in [0.3, 0.4) is 0 Å². The van der Waals surface area contributed by atoms with Crippen molar-refractivity contribution < 1.29 is 14.0 Å². The zero-order valence-corrected chi connectivity index (χ0v) is 13.7. The third kappa shape index (κ3) is 4.32. The third-order valence-electron chi connectivity index (χ3n) is 2.68. The second-order valence-electron chi connectivity index (χ2n) is 4.33. The molecule has 0 atom stereocenters. The lowest BCUT2D eigenvalue weighted by atomic mass is 10.2. The lowest BCUT2D eigenvalue weighted by molar-refractivity contribution is -0.115. The first-order chi connectivity index (χ1) is 10.5. The van der Waals surface area contributed by atoms with Gasteiger partial charge in [0.15, 0.2) is 0 Å². The van der Waals surface area contributed by atoms with Crippen LogP contribution in [0.15, 0.2) is 51.8 Å². The van der Waals surface area contributed by atoms with E-state index in [1.54, 1.807) is 24.3 Å². The number of benzene rings is 2. The molecule has 0 aromatic heterocycles. The minimum Gasteiger partial charge on any atom is -0.369 e. The normalized spacial score (nSPS) is 10.3. The summed E-state index contributed by atoms with van der Waals surface area (Å²) in [6.45, 7) is 0. The van der Waals surface area contributed by atoms with Crippen LogP contribution >= 0.6 is 27.7 Å². The maximum atomic E-state index is 13.7. The number of primary amides is 1. The Hall–Kier alpha value is -1.86. The highest BCUT2D eigenvalue weighted by Crippen LogP contribution is 2.27. The largest absolute Gasteiger partial charge is 0.369 e. The summed E-state index contributed by atoms with van der Waals surface area (Å²) < 4.78 is 14.3. The van der Waals surface area contributed by atoms with Gasteiger partial charge in [0.05, 0.1) is 17.0 Å². The van der Waals surface area contributed by atoms with E-state index >= 15 is 0 Å². The molecule has 0 radical (unpaired) electrons. The van der Waals surface area contributed by atoms with Crippen molar-refractivity contribution in [3.05, 3.63) is 58.3 Å². The molecule has 3 N–H and O–H groups in total. The highest BCUT2D eigenvalue weighted by Gasteiger charge is 2.14. The minimum atomic E-state index is -0.608. The summed E-state index contributed by atoms with van der Waals surface area (Å²) in [5, 5.41) is 2.65. The fourth-order valence-corrected chi connectivity index (χ4v) is 2.81. The molecule has 0 saturated carbocycles. The molecule has 2 aromatic rings. The van der Waals surface area contributed by atoms with Crippen LogP contribution in [0, 0.1) is 5.82 Å². The molecule has 0 aliphatic rings. The second kappa shape index (κ2) is 7.42. The molecule has 2 rings (SSSR count). The van der Waals surface area contributed by atoms with Crippen LogP contribution in [0.5, 0.6) is 0 Å². The number of halogens is 2. The van der Waals surface area contributed by atoms with Gasteiger partial charge in [-0.2, -0.15) is 0 Å². The molecule has 22 heavy (non-hydrogen) atoms. The van der Waals surface area contributed by atoms with E-state index in [1.165, 1.54) is 30.0 Å². The summed E-state index contributed by atoms with van der Waals surface area (Å²) in [7, 11) is 0. The summed E-state index contributed by atoms with van der Waals surface area (Å²) in [5.41, 5.74) is 5.55. The monoisotopic (exact) mass is 382 g/mol. The van der Waals surface area contributed by atoms with Gasteiger partial charge in [0.2, 0.25) is 5.91 Å². The molecule has 2 amide bonds. The van der Waals surface area contributed by atoms with Crippen molar-refractivity contribution in [1.82, 2.24) is 0 Å². The van der Waals surface area contributed by atoms with E-state index in [4.69, 9.17) is 5.73 Å². The molecular formula is C15H12BrFN2O2S. The number of anilines is 1. The number of hydrogen-bond donors (Lipinski definition) is 2. The van der Waals surface area contributed by atoms with E-state index < -0.39 is 17.6 Å². The molecular weight excluding hydrogens is 371 g/mol. The molecule has 0 fully saturated rings. The Labute approximate surface area is 139 Å². The summed E-state index contributed by atoms with van der Waals surface area (Å²) in [6.07, 6.45) is 0. The first kappa shape index (κ1) is 16.5. The first-order valence-corrected chi connectivity index (χ1v) is 8.02. The zero-order valence-electron chi connectivity index (χ0n) is 11.3. The zero-order chi connectivity index (χ0) is 16.1. The number of rotatable bonds is 5. The molecule has 7 heteroatoms. The van der Waals surface area contributed by atoms with Gasteiger partial charge >= 0.3 is 0 Å². The Balaban J connectivity index is 2.21. The van der Waals surface area contributed by atoms with Gasteiger partial charge < -0.3 is 11.1 Å². The average Bonchev–Trinajstić information content (AvgIpc) is 2.48. The number of amides is 2. The average molecular weight is 383 g/mol. The van der Waals surface area contributed by atoms with Crippen LogP contribution in [0.1, 0.15) is 10.4 Å². The molecule has 0 saturated heterocycles. The standard InChI is InChI=1S/C15H12BrFN2O2S/c16-9-5-6-11(17)10(7-9)15(21)19-12-3-1-2-4-13(12)22-8-14(18)20/h1-7H,8H2,(H2,18,20)(H,19,21). The quantitative estimate of drug-likeness (QED) is 0.778. The van der Waals surface area contributed by atoms with E-state index in [0.717, 1.165) is 0 Å². The maximum absolute atomic E-state index is 13.7. The van der Waals surface area contributed by atoms with Crippen molar-refractivity contribution in [2.75, 3.05) is 11.1 Å². The predicted octanol–water partition coefficient (Wildman–Crippen LogP) is 3.42. The van der Waals surface area contributed by atoms with Crippen LogP contribution in [0.2, 0.25) is 0 Å². The molecule has 0 bridgehead atoms. The Kier molecular flexibility index (Phi) is 5.57. The number of carbonyl (C=O) groups is 2. The van der Waals surface area contributed by atoms with Crippen molar-refractivity contribution in [2.24, 2.45) is 5.73 Å². The second-order valence-corrected chi connectivity index (χ2v) is 6.26. The Bertz CT molecular complexity index is 724. The lowest BCUT2D eigenvalue weighted by Gasteiger charge is -2.10. The van der Waals surface area contributed by atoms with Gasteiger partial charge in [0.1, 0.15) is 5.82 Å². The van der Waals surface area contributed by atoms with Crippen molar-refractivity contribution in [1.29, 1.82) is 0 Å². The van der Waals surface area contributed by atoms with E-state index in [9.17, 15) is 14.0 Å². The molecule has 0 aliphatic heterocycles. The fourth-order valence-electron chi connectivity index (χ4n) is 1.71. The summed E-state index contributed by atoms with van der Waals surface area (Å²) in [5.74, 6) is -1.53. The van der Waals surface area contributed by atoms with Gasteiger partial charge in [0.25, 0.3) is 5.91 Å². The van der Waals surface area contributed by atoms with Crippen LogP contribution < -0.4 is 11.1 Å². The molecule has 2 aromatic carbocycles. The number of thioether (sulfide) groups is 1. The fraction of sp³-hybridized carbons (Fsp3) is 0.0667. The molecule has 0 unspecified atom stereocenters. The van der Waals surface area contributed by atoms with Crippen molar-refractivity contribution in [3.63, 3.8) is 0 Å². The van der Waals surface area contributed by atoms with Gasteiger partial charge in [-0.15, -0.1) is 11.8 Å². The van der Waals surface area contributed by atoms with E-state index in [-0.39, 0.29) is 11.3 Å². The Morgan fingerprint density at radius 3 is 2.68 bits per heavy atom. The predicted molar refractivity (Wildman–Crippen MR) is 88.4 cm³/mol. The third-order valence-corrected chi connectivity index (χ3v) is 4.27. The van der Waals surface area contributed by atoms with Gasteiger partial charge in [-0.1, -0.05) is 28.1 Å². The van der Waals surface area contributed by atoms with Gasteiger partial charge in [-0.05, 0) is 30.3 Å². The summed E-state index contributed by atoms with van der Waals surface area (Å²) in [4.78, 5) is 23.8. The lowest BCUT2D eigenvalue weighted by Crippen LogP contribution is -2.15. The number of hydrogen-bond acceptors (Lipinski definition) is 3. The van der Waals surface area contributed by atoms with E-state index in [1.807, 2.05) is 0 Å². The maximum Gasteiger partial charge on any atom is 0.258 e. The number of nitrogens with two attached hydrogens (primary N) is 1. The first-order valence-electron chi connectivity index (χ1n) is 6.24. The molecule has 0 spiro atoms. The van der Waals surface area contributed by atoms with Crippen LogP contribution in [-0.4, -0.2) is 17.6 Å². The number of para-hydroxylation sites is 1. The van der Waals surface area contributed by atoms with Crippen LogP contribution in [0.4, 0.5) is 10.1 Å². The molecule has 4 nitrogen and oxygen atoms in total. The molecule has 0 heterocycles. The van der Waals surface area contributed by atoms with E-state index in [0.29, 0.717) is 15.1 Å². The highest BCUT2D eigenvalue weighted by atomic mass is 79.9. The smallest absolute Gasteiger partial charge is 0.258 e. The highest BCUT2D eigenvalue weighted by molar-refractivity contribution is 9.10. The summed E-state index contributed by atoms with van der Waals surface area (Å²) in [6, 6.07) is 11.1. The van der Waals surface area contributed by atoms with E-state index in [2.05, 4.69) is 21.2 Å². The van der Waals surface area contributed by atoms with Crippen LogP contribution in [0.25, 0.3) is 0 Å². The Morgan fingerprint density at radius 2 is 1.95 bits per heavy atom. The number of carbonyl (C=O) groups excluding carboxylic acids is 2. The van der Waals surface area contributed by atoms with Crippen molar-refractivity contribution in [3.8, 4) is 0 Å². The van der Waals surface area contributed by atoms with Gasteiger partial charge in [-0.25, -0.2) is 4.39 Å². The van der Waals surface area contributed by atoms with Crippen LogP contribution in [-0.2, 0) is 4.79 Å². The minimum absolute atomic E-state index is 0.0657.